The van der Waals surface area contributed by atoms with Crippen molar-refractivity contribution in [2.45, 2.75) is 11.4 Å². The van der Waals surface area contributed by atoms with Crippen LogP contribution in [0, 0.1) is 11.3 Å². The number of sulfone groups is 1. The molecule has 0 fully saturated rings. The summed E-state index contributed by atoms with van der Waals surface area (Å²) >= 11 is 0. The summed E-state index contributed by atoms with van der Waals surface area (Å²) < 4.78 is 26.0. The van der Waals surface area contributed by atoms with Crippen LogP contribution >= 0.6 is 0 Å². The van der Waals surface area contributed by atoms with Crippen LogP contribution in [0.5, 0.6) is 0 Å². The largest absolute Gasteiger partial charge is 0.314 e. The van der Waals surface area contributed by atoms with Crippen LogP contribution in [0.2, 0.25) is 0 Å². The molecule has 0 saturated carbocycles. The molecule has 2 aromatic rings. The van der Waals surface area contributed by atoms with E-state index in [4.69, 9.17) is 5.26 Å². The van der Waals surface area contributed by atoms with Crippen molar-refractivity contribution in [3.05, 3.63) is 48.3 Å². The Morgan fingerprint density at radius 1 is 1.29 bits per heavy atom. The van der Waals surface area contributed by atoms with Crippen LogP contribution in [-0.4, -0.2) is 37.0 Å². The highest BCUT2D eigenvalue weighted by Crippen LogP contribution is 2.12. The van der Waals surface area contributed by atoms with Gasteiger partial charge in [0.15, 0.2) is 9.84 Å². The first-order valence-electron chi connectivity index (χ1n) is 6.53. The first kappa shape index (κ1) is 15.2. The fourth-order valence-corrected chi connectivity index (χ4v) is 3.08. The molecule has 0 amide bonds. The van der Waals surface area contributed by atoms with E-state index in [0.717, 1.165) is 0 Å². The van der Waals surface area contributed by atoms with E-state index in [0.29, 0.717) is 25.2 Å². The molecule has 2 rings (SSSR count). The molecule has 1 N–H and O–H groups in total. The van der Waals surface area contributed by atoms with E-state index in [2.05, 4.69) is 10.4 Å². The number of nitrogens with zero attached hydrogens (tertiary/aromatic N) is 3. The lowest BCUT2D eigenvalue weighted by Gasteiger charge is -2.07. The van der Waals surface area contributed by atoms with Gasteiger partial charge in [-0.15, -0.1) is 0 Å². The van der Waals surface area contributed by atoms with Crippen molar-refractivity contribution in [2.24, 2.45) is 0 Å². The van der Waals surface area contributed by atoms with E-state index in [1.54, 1.807) is 23.0 Å². The topological polar surface area (TPSA) is 87.8 Å². The second kappa shape index (κ2) is 7.02. The molecule has 0 spiro atoms. The number of aromatic nitrogens is 2. The van der Waals surface area contributed by atoms with Crippen molar-refractivity contribution in [3.8, 4) is 6.07 Å². The summed E-state index contributed by atoms with van der Waals surface area (Å²) in [5.41, 5.74) is 0.350. The fourth-order valence-electron chi connectivity index (χ4n) is 1.83. The van der Waals surface area contributed by atoms with Crippen molar-refractivity contribution in [3.63, 3.8) is 0 Å². The standard InChI is InChI=1S/C14H16N4O2S/c15-12-13-3-1-4-14(11-13)21(19,20)10-7-16-6-9-18-8-2-5-17-18/h1-5,8,11,16H,6-7,9-10H2. The highest BCUT2D eigenvalue weighted by Gasteiger charge is 2.14. The number of hydrogen-bond acceptors (Lipinski definition) is 5. The molecular weight excluding hydrogens is 288 g/mol. The van der Waals surface area contributed by atoms with Gasteiger partial charge in [-0.1, -0.05) is 6.07 Å². The zero-order valence-corrected chi connectivity index (χ0v) is 12.3. The molecule has 0 radical (unpaired) electrons. The molecule has 0 aliphatic carbocycles. The van der Waals surface area contributed by atoms with Crippen LogP contribution in [0.1, 0.15) is 5.56 Å². The van der Waals surface area contributed by atoms with E-state index < -0.39 is 9.84 Å². The van der Waals surface area contributed by atoms with Crippen molar-refractivity contribution >= 4 is 9.84 Å². The van der Waals surface area contributed by atoms with E-state index in [1.807, 2.05) is 18.3 Å². The van der Waals surface area contributed by atoms with Gasteiger partial charge < -0.3 is 5.32 Å². The molecule has 6 nitrogen and oxygen atoms in total. The maximum absolute atomic E-state index is 12.1. The molecule has 1 aromatic heterocycles. The highest BCUT2D eigenvalue weighted by molar-refractivity contribution is 7.91. The zero-order valence-electron chi connectivity index (χ0n) is 11.4. The molecule has 0 aliphatic heterocycles. The summed E-state index contributed by atoms with van der Waals surface area (Å²) in [5.74, 6) is 0.000981. The maximum atomic E-state index is 12.1. The lowest BCUT2D eigenvalue weighted by molar-refractivity contribution is 0.558. The first-order valence-corrected chi connectivity index (χ1v) is 8.18. The third kappa shape index (κ3) is 4.41. The Kier molecular flexibility index (Phi) is 5.09. The van der Waals surface area contributed by atoms with Crippen molar-refractivity contribution < 1.29 is 8.42 Å². The fraction of sp³-hybridized carbons (Fsp3) is 0.286. The summed E-state index contributed by atoms with van der Waals surface area (Å²) in [6.07, 6.45) is 3.55. The van der Waals surface area contributed by atoms with E-state index in [9.17, 15) is 8.42 Å². The lowest BCUT2D eigenvalue weighted by atomic mass is 10.2. The number of hydrogen-bond donors (Lipinski definition) is 1. The van der Waals surface area contributed by atoms with Gasteiger partial charge in [-0.3, -0.25) is 4.68 Å². The summed E-state index contributed by atoms with van der Waals surface area (Å²) in [5, 5.41) is 15.9. The molecule has 21 heavy (non-hydrogen) atoms. The Labute approximate surface area is 123 Å². The molecule has 110 valence electrons. The summed E-state index contributed by atoms with van der Waals surface area (Å²) in [4.78, 5) is 0.190. The molecule has 0 saturated heterocycles. The van der Waals surface area contributed by atoms with Gasteiger partial charge in [0.1, 0.15) is 0 Å². The third-order valence-electron chi connectivity index (χ3n) is 2.95. The summed E-state index contributed by atoms with van der Waals surface area (Å²) in [6, 6.07) is 9.86. The van der Waals surface area contributed by atoms with Gasteiger partial charge in [0, 0.05) is 25.5 Å². The lowest BCUT2D eigenvalue weighted by Crippen LogP contribution is -2.26. The van der Waals surface area contributed by atoms with Crippen LogP contribution in [0.15, 0.2) is 47.6 Å². The Hall–Kier alpha value is -2.17. The van der Waals surface area contributed by atoms with Crippen molar-refractivity contribution in [2.75, 3.05) is 18.8 Å². The minimum Gasteiger partial charge on any atom is -0.314 e. The zero-order chi connectivity index (χ0) is 15.1. The SMILES string of the molecule is N#Cc1cccc(S(=O)(=O)CCNCCn2cccn2)c1. The van der Waals surface area contributed by atoms with Crippen LogP contribution in [0.3, 0.4) is 0 Å². The van der Waals surface area contributed by atoms with Gasteiger partial charge >= 0.3 is 0 Å². The predicted molar refractivity (Wildman–Crippen MR) is 78.3 cm³/mol. The smallest absolute Gasteiger partial charge is 0.179 e. The normalized spacial score (nSPS) is 11.2. The van der Waals surface area contributed by atoms with Gasteiger partial charge in [-0.05, 0) is 24.3 Å². The van der Waals surface area contributed by atoms with Crippen LogP contribution in [-0.2, 0) is 16.4 Å². The molecule has 0 atom stereocenters. The second-order valence-corrected chi connectivity index (χ2v) is 6.59. The van der Waals surface area contributed by atoms with E-state index in [1.165, 1.54) is 12.1 Å². The highest BCUT2D eigenvalue weighted by atomic mass is 32.2. The van der Waals surface area contributed by atoms with Gasteiger partial charge in [0.25, 0.3) is 0 Å². The molecule has 1 aromatic carbocycles. The van der Waals surface area contributed by atoms with Crippen LogP contribution < -0.4 is 5.32 Å². The quantitative estimate of drug-likeness (QED) is 0.765. The summed E-state index contributed by atoms with van der Waals surface area (Å²) in [6.45, 7) is 1.70. The Morgan fingerprint density at radius 2 is 2.14 bits per heavy atom. The number of nitriles is 1. The van der Waals surface area contributed by atoms with Crippen LogP contribution in [0.25, 0.3) is 0 Å². The Balaban J connectivity index is 1.82. The number of benzene rings is 1. The van der Waals surface area contributed by atoms with E-state index >= 15 is 0 Å². The Bertz CT molecular complexity index is 718. The van der Waals surface area contributed by atoms with Crippen molar-refractivity contribution in [1.82, 2.24) is 15.1 Å². The summed E-state index contributed by atoms with van der Waals surface area (Å²) in [7, 11) is -3.36. The van der Waals surface area contributed by atoms with Gasteiger partial charge in [-0.2, -0.15) is 10.4 Å². The Morgan fingerprint density at radius 3 is 2.86 bits per heavy atom. The number of rotatable bonds is 7. The van der Waals surface area contributed by atoms with Gasteiger partial charge in [-0.25, -0.2) is 8.42 Å². The van der Waals surface area contributed by atoms with Gasteiger partial charge in [0.05, 0.1) is 28.8 Å². The molecular formula is C14H16N4O2S. The van der Waals surface area contributed by atoms with E-state index in [-0.39, 0.29) is 10.6 Å². The molecule has 1 heterocycles. The monoisotopic (exact) mass is 304 g/mol. The average molecular weight is 304 g/mol. The number of nitrogens with one attached hydrogen (secondary N) is 1. The third-order valence-corrected chi connectivity index (χ3v) is 4.66. The predicted octanol–water partition coefficient (Wildman–Crippen LogP) is 0.818. The van der Waals surface area contributed by atoms with Gasteiger partial charge in [0.2, 0.25) is 0 Å². The molecule has 0 aliphatic rings. The van der Waals surface area contributed by atoms with Crippen LogP contribution in [0.4, 0.5) is 0 Å². The minimum atomic E-state index is -3.36. The molecule has 0 unspecified atom stereocenters. The minimum absolute atomic E-state index is 0.000981. The second-order valence-electron chi connectivity index (χ2n) is 4.48. The maximum Gasteiger partial charge on any atom is 0.179 e. The molecule has 7 heteroatoms. The van der Waals surface area contributed by atoms with Crippen molar-refractivity contribution in [1.29, 1.82) is 5.26 Å². The average Bonchev–Trinajstić information content (AvgIpc) is 3.00. The molecule has 0 bridgehead atoms. The first-order chi connectivity index (χ1) is 10.1.